The first kappa shape index (κ1) is 14.3. The van der Waals surface area contributed by atoms with Crippen LogP contribution < -0.4 is 10.6 Å². The molecule has 0 spiro atoms. The molecule has 0 saturated heterocycles. The molecule has 3 N–H and O–H groups in total. The first-order valence-corrected chi connectivity index (χ1v) is 5.86. The third-order valence-electron chi connectivity index (χ3n) is 2.38. The molecule has 4 nitrogen and oxygen atoms in total. The van der Waals surface area contributed by atoms with E-state index in [0.717, 1.165) is 5.56 Å². The highest BCUT2D eigenvalue weighted by Gasteiger charge is 2.17. The fourth-order valence-corrected chi connectivity index (χ4v) is 1.37. The van der Waals surface area contributed by atoms with Crippen LogP contribution in [0.5, 0.6) is 0 Å². The van der Waals surface area contributed by atoms with Gasteiger partial charge in [-0.05, 0) is 32.4 Å². The van der Waals surface area contributed by atoms with Crippen LogP contribution in [0.25, 0.3) is 6.08 Å². The molecule has 18 heavy (non-hydrogen) atoms. The van der Waals surface area contributed by atoms with Crippen LogP contribution in [0, 0.1) is 6.92 Å². The minimum atomic E-state index is -0.624. The molecule has 98 valence electrons. The summed E-state index contributed by atoms with van der Waals surface area (Å²) < 4.78 is 0. The van der Waals surface area contributed by atoms with Crippen LogP contribution in [0.2, 0.25) is 0 Å². The van der Waals surface area contributed by atoms with Crippen molar-refractivity contribution >= 4 is 12.1 Å². The van der Waals surface area contributed by atoms with Crippen LogP contribution in [0.15, 0.2) is 30.5 Å². The van der Waals surface area contributed by atoms with Crippen molar-refractivity contribution in [2.24, 2.45) is 0 Å². The molecule has 2 amide bonds. The minimum Gasteiger partial charge on any atom is -0.394 e. The van der Waals surface area contributed by atoms with Crippen LogP contribution >= 0.6 is 0 Å². The molecule has 1 aromatic carbocycles. The first-order valence-electron chi connectivity index (χ1n) is 5.86. The molecule has 0 aliphatic heterocycles. The van der Waals surface area contributed by atoms with E-state index in [0.29, 0.717) is 0 Å². The van der Waals surface area contributed by atoms with Crippen LogP contribution in [0.3, 0.4) is 0 Å². The number of benzene rings is 1. The van der Waals surface area contributed by atoms with Gasteiger partial charge in [0, 0.05) is 6.20 Å². The zero-order chi connectivity index (χ0) is 13.6. The van der Waals surface area contributed by atoms with Crippen molar-refractivity contribution in [1.29, 1.82) is 0 Å². The van der Waals surface area contributed by atoms with Gasteiger partial charge in [-0.15, -0.1) is 0 Å². The summed E-state index contributed by atoms with van der Waals surface area (Å²) in [4.78, 5) is 11.5. The van der Waals surface area contributed by atoms with Crippen molar-refractivity contribution in [3.05, 3.63) is 41.6 Å². The summed E-state index contributed by atoms with van der Waals surface area (Å²) in [7, 11) is 0. The molecule has 0 aliphatic carbocycles. The first-order chi connectivity index (χ1) is 8.43. The fraction of sp³-hybridized carbons (Fsp3) is 0.357. The van der Waals surface area contributed by atoms with Gasteiger partial charge in [-0.25, -0.2) is 4.79 Å². The Morgan fingerprint density at radius 1 is 1.44 bits per heavy atom. The van der Waals surface area contributed by atoms with E-state index in [2.05, 4.69) is 10.6 Å². The van der Waals surface area contributed by atoms with Gasteiger partial charge in [0.1, 0.15) is 0 Å². The van der Waals surface area contributed by atoms with E-state index < -0.39 is 5.54 Å². The van der Waals surface area contributed by atoms with Crippen LogP contribution in [0.4, 0.5) is 4.79 Å². The molecule has 0 aliphatic rings. The third-order valence-corrected chi connectivity index (χ3v) is 2.38. The van der Waals surface area contributed by atoms with Crippen molar-refractivity contribution in [3.63, 3.8) is 0 Å². The Hall–Kier alpha value is -1.81. The molecule has 0 aromatic heterocycles. The lowest BCUT2D eigenvalue weighted by molar-refractivity contribution is 0.183. The molecule has 0 bridgehead atoms. The maximum atomic E-state index is 11.5. The summed E-state index contributed by atoms with van der Waals surface area (Å²) in [5.74, 6) is 0. The second kappa shape index (κ2) is 6.21. The molecule has 0 fully saturated rings. The van der Waals surface area contributed by atoms with Crippen LogP contribution in [-0.2, 0) is 0 Å². The standard InChI is InChI=1S/C14H20N2O2/c1-11-5-4-6-12(9-11)7-8-15-13(18)16-14(2,3)10-17/h4-9,17H,10H2,1-3H3,(H2,15,16,18)/b8-7+. The van der Waals surface area contributed by atoms with Gasteiger partial charge in [0.15, 0.2) is 0 Å². The average molecular weight is 248 g/mol. The van der Waals surface area contributed by atoms with Crippen molar-refractivity contribution in [2.75, 3.05) is 6.61 Å². The number of aliphatic hydroxyl groups is 1. The maximum absolute atomic E-state index is 11.5. The van der Waals surface area contributed by atoms with Gasteiger partial charge in [0.2, 0.25) is 0 Å². The number of nitrogens with one attached hydrogen (secondary N) is 2. The number of carbonyl (C=O) groups excluding carboxylic acids is 1. The second-order valence-electron chi connectivity index (χ2n) is 4.89. The van der Waals surface area contributed by atoms with Crippen molar-refractivity contribution in [2.45, 2.75) is 26.3 Å². The summed E-state index contributed by atoms with van der Waals surface area (Å²) in [5.41, 5.74) is 1.57. The Kier molecular flexibility index (Phi) is 4.92. The molecule has 0 atom stereocenters. The second-order valence-corrected chi connectivity index (χ2v) is 4.89. The van der Waals surface area contributed by atoms with Gasteiger partial charge in [-0.1, -0.05) is 29.8 Å². The van der Waals surface area contributed by atoms with Gasteiger partial charge < -0.3 is 15.7 Å². The molecule has 0 heterocycles. The maximum Gasteiger partial charge on any atom is 0.319 e. The molecule has 0 unspecified atom stereocenters. The molecular formula is C14H20N2O2. The lowest BCUT2D eigenvalue weighted by atomic mass is 10.1. The number of hydrogen-bond donors (Lipinski definition) is 3. The number of carbonyl (C=O) groups is 1. The Morgan fingerprint density at radius 2 is 2.17 bits per heavy atom. The zero-order valence-electron chi connectivity index (χ0n) is 11.0. The van der Waals surface area contributed by atoms with E-state index in [1.54, 1.807) is 20.0 Å². The minimum absolute atomic E-state index is 0.109. The number of rotatable bonds is 4. The lowest BCUT2D eigenvalue weighted by Gasteiger charge is -2.22. The quantitative estimate of drug-likeness (QED) is 0.763. The molecule has 1 aromatic rings. The highest BCUT2D eigenvalue weighted by molar-refractivity contribution is 5.76. The van der Waals surface area contributed by atoms with Gasteiger partial charge in [-0.3, -0.25) is 0 Å². The topological polar surface area (TPSA) is 61.4 Å². The van der Waals surface area contributed by atoms with E-state index in [9.17, 15) is 4.79 Å². The SMILES string of the molecule is Cc1cccc(/C=C/NC(=O)NC(C)(C)CO)c1. The largest absolute Gasteiger partial charge is 0.394 e. The summed E-state index contributed by atoms with van der Waals surface area (Å²) in [6.45, 7) is 5.40. The van der Waals surface area contributed by atoms with Gasteiger partial charge in [-0.2, -0.15) is 0 Å². The lowest BCUT2D eigenvalue weighted by Crippen LogP contribution is -2.49. The zero-order valence-corrected chi connectivity index (χ0v) is 11.0. The molecule has 0 saturated carbocycles. The number of amides is 2. The predicted molar refractivity (Wildman–Crippen MR) is 73.0 cm³/mol. The van der Waals surface area contributed by atoms with Crippen molar-refractivity contribution < 1.29 is 9.90 Å². The molecule has 0 radical (unpaired) electrons. The molecule has 4 heteroatoms. The van der Waals surface area contributed by atoms with Crippen LogP contribution in [0.1, 0.15) is 25.0 Å². The van der Waals surface area contributed by atoms with Gasteiger partial charge in [0.05, 0.1) is 12.1 Å². The summed E-state index contributed by atoms with van der Waals surface area (Å²) in [6.07, 6.45) is 3.40. The highest BCUT2D eigenvalue weighted by atomic mass is 16.3. The molecule has 1 rings (SSSR count). The normalized spacial score (nSPS) is 11.6. The van der Waals surface area contributed by atoms with E-state index in [1.165, 1.54) is 5.56 Å². The summed E-state index contributed by atoms with van der Waals surface area (Å²) in [6, 6.07) is 7.62. The van der Waals surface area contributed by atoms with Crippen LogP contribution in [-0.4, -0.2) is 23.3 Å². The van der Waals surface area contributed by atoms with Crippen molar-refractivity contribution in [3.8, 4) is 0 Å². The number of aliphatic hydroxyl groups excluding tert-OH is 1. The van der Waals surface area contributed by atoms with E-state index in [-0.39, 0.29) is 12.6 Å². The van der Waals surface area contributed by atoms with E-state index in [1.807, 2.05) is 37.3 Å². The number of urea groups is 1. The fourth-order valence-electron chi connectivity index (χ4n) is 1.37. The number of aryl methyl sites for hydroxylation is 1. The van der Waals surface area contributed by atoms with Gasteiger partial charge in [0.25, 0.3) is 0 Å². The highest BCUT2D eigenvalue weighted by Crippen LogP contribution is 2.05. The Morgan fingerprint density at radius 3 is 2.78 bits per heavy atom. The third kappa shape index (κ3) is 5.01. The Labute approximate surface area is 108 Å². The summed E-state index contributed by atoms with van der Waals surface area (Å²) >= 11 is 0. The van der Waals surface area contributed by atoms with E-state index in [4.69, 9.17) is 5.11 Å². The smallest absolute Gasteiger partial charge is 0.319 e. The summed E-state index contributed by atoms with van der Waals surface area (Å²) in [5, 5.41) is 14.3. The molecular weight excluding hydrogens is 228 g/mol. The Bertz CT molecular complexity index is 439. The van der Waals surface area contributed by atoms with Gasteiger partial charge >= 0.3 is 6.03 Å². The number of hydrogen-bond acceptors (Lipinski definition) is 2. The monoisotopic (exact) mass is 248 g/mol. The van der Waals surface area contributed by atoms with Crippen molar-refractivity contribution in [1.82, 2.24) is 10.6 Å². The van der Waals surface area contributed by atoms with E-state index >= 15 is 0 Å². The Balaban J connectivity index is 2.48. The predicted octanol–water partition coefficient (Wildman–Crippen LogP) is 2.04. The average Bonchev–Trinajstić information content (AvgIpc) is 2.28.